The molecule has 4 atom stereocenters. The number of anilines is 1. The van der Waals surface area contributed by atoms with E-state index in [1.165, 1.54) is 17.8 Å². The number of halogens is 1. The molecule has 49 heavy (non-hydrogen) atoms. The van der Waals surface area contributed by atoms with Crippen LogP contribution in [0.1, 0.15) is 43.7 Å². The SMILES string of the molecule is COc1ccc(C(OC[C@H]2O[C@@H](n3cnc4c(=O)[nH]c(NC(=O)C(C)C)nc43)[C@@](C)(F)[C@@H]2O)(c2ccccc2)c2ccc(OC)cc2)cc1. The minimum Gasteiger partial charge on any atom is -0.497 e. The summed E-state index contributed by atoms with van der Waals surface area (Å²) in [6.07, 6.45) is -3.05. The first-order valence-corrected chi connectivity index (χ1v) is 15.8. The minimum atomic E-state index is -2.37. The smallest absolute Gasteiger partial charge is 0.280 e. The van der Waals surface area contributed by atoms with Gasteiger partial charge in [-0.25, -0.2) is 9.37 Å². The van der Waals surface area contributed by atoms with Crippen LogP contribution in [0.3, 0.4) is 0 Å². The molecule has 0 bridgehead atoms. The highest BCUT2D eigenvalue weighted by atomic mass is 19.1. The van der Waals surface area contributed by atoms with E-state index in [0.29, 0.717) is 11.5 Å². The van der Waals surface area contributed by atoms with Gasteiger partial charge in [0.15, 0.2) is 23.1 Å². The number of benzene rings is 3. The molecular weight excluding hydrogens is 633 g/mol. The van der Waals surface area contributed by atoms with E-state index < -0.39 is 35.3 Å². The highest BCUT2D eigenvalue weighted by molar-refractivity contribution is 5.91. The highest BCUT2D eigenvalue weighted by Crippen LogP contribution is 2.45. The number of carbonyl (C=O) groups excluding carboxylic acids is 1. The number of alkyl halides is 1. The zero-order valence-electron chi connectivity index (χ0n) is 27.7. The second-order valence-electron chi connectivity index (χ2n) is 12.3. The Kier molecular flexibility index (Phi) is 9.25. The monoisotopic (exact) mass is 671 g/mol. The van der Waals surface area contributed by atoms with E-state index in [0.717, 1.165) is 16.7 Å². The molecule has 0 radical (unpaired) electrons. The van der Waals surface area contributed by atoms with Crippen LogP contribution in [-0.2, 0) is 19.9 Å². The number of carbonyl (C=O) groups is 1. The molecule has 2 aromatic heterocycles. The number of nitrogens with one attached hydrogen (secondary N) is 2. The molecule has 13 heteroatoms. The molecule has 1 fully saturated rings. The van der Waals surface area contributed by atoms with Crippen molar-refractivity contribution in [1.29, 1.82) is 0 Å². The number of rotatable bonds is 11. The van der Waals surface area contributed by atoms with Gasteiger partial charge in [0.05, 0.1) is 27.2 Å². The van der Waals surface area contributed by atoms with Crippen molar-refractivity contribution >= 4 is 23.0 Å². The van der Waals surface area contributed by atoms with Gasteiger partial charge in [0.1, 0.15) is 29.3 Å². The number of nitrogens with zero attached hydrogens (tertiary/aromatic N) is 3. The van der Waals surface area contributed by atoms with E-state index >= 15 is 4.39 Å². The van der Waals surface area contributed by atoms with Crippen molar-refractivity contribution in [3.05, 3.63) is 112 Å². The first-order valence-electron chi connectivity index (χ1n) is 15.8. The molecule has 12 nitrogen and oxygen atoms in total. The quantitative estimate of drug-likeness (QED) is 0.170. The lowest BCUT2D eigenvalue weighted by molar-refractivity contribution is -0.118. The van der Waals surface area contributed by atoms with Crippen molar-refractivity contribution < 1.29 is 33.2 Å². The minimum absolute atomic E-state index is 0.0273. The normalized spacial score (nSPS) is 20.9. The van der Waals surface area contributed by atoms with Crippen LogP contribution in [0.25, 0.3) is 11.2 Å². The summed E-state index contributed by atoms with van der Waals surface area (Å²) in [6.45, 7) is 4.34. The molecule has 0 spiro atoms. The van der Waals surface area contributed by atoms with Gasteiger partial charge in [-0.1, -0.05) is 68.4 Å². The van der Waals surface area contributed by atoms with Crippen LogP contribution in [0, 0.1) is 5.92 Å². The molecule has 0 aliphatic carbocycles. The lowest BCUT2D eigenvalue weighted by Gasteiger charge is -2.37. The zero-order valence-corrected chi connectivity index (χ0v) is 27.7. The summed E-state index contributed by atoms with van der Waals surface area (Å²) < 4.78 is 41.7. The molecule has 256 valence electrons. The maximum absolute atomic E-state index is 16.6. The van der Waals surface area contributed by atoms with Crippen LogP contribution in [0.15, 0.2) is 90.0 Å². The van der Waals surface area contributed by atoms with Gasteiger partial charge in [0.25, 0.3) is 5.56 Å². The number of aliphatic hydroxyl groups is 1. The fourth-order valence-corrected chi connectivity index (χ4v) is 6.05. The van der Waals surface area contributed by atoms with E-state index in [1.807, 2.05) is 78.9 Å². The molecular formula is C36H38FN5O7. The second-order valence-corrected chi connectivity index (χ2v) is 12.3. The van der Waals surface area contributed by atoms with Gasteiger partial charge in [0, 0.05) is 5.92 Å². The average Bonchev–Trinajstić information content (AvgIpc) is 3.63. The molecule has 3 aromatic carbocycles. The fraction of sp³-hybridized carbons (Fsp3) is 0.333. The highest BCUT2D eigenvalue weighted by Gasteiger charge is 2.56. The van der Waals surface area contributed by atoms with E-state index in [4.69, 9.17) is 18.9 Å². The Morgan fingerprint density at radius 2 is 1.59 bits per heavy atom. The first kappa shape index (κ1) is 33.8. The van der Waals surface area contributed by atoms with Gasteiger partial charge in [-0.3, -0.25) is 24.5 Å². The van der Waals surface area contributed by atoms with Crippen LogP contribution >= 0.6 is 0 Å². The first-order chi connectivity index (χ1) is 23.5. The largest absolute Gasteiger partial charge is 0.497 e. The van der Waals surface area contributed by atoms with Crippen molar-refractivity contribution in [2.24, 2.45) is 5.92 Å². The fourth-order valence-electron chi connectivity index (χ4n) is 6.05. The van der Waals surface area contributed by atoms with Crippen LogP contribution in [0.5, 0.6) is 11.5 Å². The number of aromatic amines is 1. The molecule has 0 unspecified atom stereocenters. The summed E-state index contributed by atoms with van der Waals surface area (Å²) >= 11 is 0. The number of aromatic nitrogens is 4. The van der Waals surface area contributed by atoms with Crippen LogP contribution in [0.4, 0.5) is 10.3 Å². The van der Waals surface area contributed by atoms with Gasteiger partial charge in [-0.15, -0.1) is 0 Å². The van der Waals surface area contributed by atoms with Gasteiger partial charge in [-0.2, -0.15) is 4.98 Å². The third-order valence-electron chi connectivity index (χ3n) is 8.81. The van der Waals surface area contributed by atoms with Crippen molar-refractivity contribution in [1.82, 2.24) is 19.5 Å². The Morgan fingerprint density at radius 3 is 2.14 bits per heavy atom. The predicted molar refractivity (Wildman–Crippen MR) is 179 cm³/mol. The molecule has 6 rings (SSSR count). The van der Waals surface area contributed by atoms with Crippen molar-refractivity contribution in [3.8, 4) is 11.5 Å². The van der Waals surface area contributed by atoms with Crippen LogP contribution in [0.2, 0.25) is 0 Å². The standard InChI is InChI=1S/C36H38FN5O7/c1-21(2)31(44)40-34-39-30-28(32(45)41-34)38-20-42(30)33-35(3,37)29(43)27(49-33)19-48-36(22-9-7-6-8-10-22,23-11-15-25(46-4)16-12-23)24-13-17-26(47-5)18-14-24/h6-18,20-21,27,29,33,43H,19H2,1-5H3,(H2,39,40,41,44,45)/t27-,29-,33-,35+/m1/s1. The van der Waals surface area contributed by atoms with Gasteiger partial charge >= 0.3 is 0 Å². The summed E-state index contributed by atoms with van der Waals surface area (Å²) in [5, 5.41) is 14.0. The van der Waals surface area contributed by atoms with E-state index in [2.05, 4.69) is 20.3 Å². The van der Waals surface area contributed by atoms with E-state index in [9.17, 15) is 14.7 Å². The number of amides is 1. The molecule has 1 aliphatic heterocycles. The number of fused-ring (bicyclic) bond motifs is 1. The number of ether oxygens (including phenoxy) is 4. The van der Waals surface area contributed by atoms with Crippen molar-refractivity contribution in [2.45, 2.75) is 50.5 Å². The number of methoxy groups -OCH3 is 2. The summed E-state index contributed by atoms with van der Waals surface area (Å²) in [7, 11) is 3.17. The average molecular weight is 672 g/mol. The summed E-state index contributed by atoms with van der Waals surface area (Å²) in [5.41, 5.74) is -2.09. The topological polar surface area (TPSA) is 150 Å². The maximum Gasteiger partial charge on any atom is 0.280 e. The van der Waals surface area contributed by atoms with Crippen molar-refractivity contribution in [2.75, 3.05) is 26.1 Å². The van der Waals surface area contributed by atoms with Gasteiger partial charge in [0.2, 0.25) is 11.9 Å². The predicted octanol–water partition coefficient (Wildman–Crippen LogP) is 4.73. The Morgan fingerprint density at radius 1 is 1.02 bits per heavy atom. The van der Waals surface area contributed by atoms with E-state index in [-0.39, 0.29) is 35.5 Å². The molecule has 5 aromatic rings. The number of H-pyrrole nitrogens is 1. The number of hydrogen-bond acceptors (Lipinski definition) is 9. The Hall–Kier alpha value is -5.11. The van der Waals surface area contributed by atoms with Crippen molar-refractivity contribution in [3.63, 3.8) is 0 Å². The summed E-state index contributed by atoms with van der Waals surface area (Å²) in [5.74, 6) is 0.428. The molecule has 3 heterocycles. The number of hydrogen-bond donors (Lipinski definition) is 3. The van der Waals surface area contributed by atoms with Gasteiger partial charge < -0.3 is 24.1 Å². The number of aliphatic hydroxyl groups excluding tert-OH is 1. The Bertz CT molecular complexity index is 1930. The molecule has 1 amide bonds. The van der Waals surface area contributed by atoms with Crippen LogP contribution in [-0.4, -0.2) is 69.2 Å². The number of imidazole rings is 1. The third kappa shape index (κ3) is 6.16. The molecule has 3 N–H and O–H groups in total. The lowest BCUT2D eigenvalue weighted by Crippen LogP contribution is -2.42. The summed E-state index contributed by atoms with van der Waals surface area (Å²) in [6, 6.07) is 24.4. The molecule has 0 saturated carbocycles. The molecule has 1 saturated heterocycles. The lowest BCUT2D eigenvalue weighted by atomic mass is 9.80. The van der Waals surface area contributed by atoms with E-state index in [1.54, 1.807) is 28.1 Å². The van der Waals surface area contributed by atoms with Gasteiger partial charge in [-0.05, 0) is 47.9 Å². The maximum atomic E-state index is 16.6. The van der Waals surface area contributed by atoms with Crippen LogP contribution < -0.4 is 20.3 Å². The molecule has 1 aliphatic rings. The Labute approximate surface area is 281 Å². The summed E-state index contributed by atoms with van der Waals surface area (Å²) in [4.78, 5) is 36.1. The Balaban J connectivity index is 1.39. The second kappa shape index (κ2) is 13.4. The zero-order chi connectivity index (χ0) is 34.9. The third-order valence-corrected chi connectivity index (χ3v) is 8.81.